The molecule has 2 aromatic rings. The van der Waals surface area contributed by atoms with Crippen LogP contribution < -0.4 is 10.1 Å². The number of rotatable bonds is 4. The first kappa shape index (κ1) is 11.4. The SMILES string of the molecule is COc1ccnc(Nc2cnn(C(C)C)c2)n1. The predicted molar refractivity (Wildman–Crippen MR) is 64.5 cm³/mol. The van der Waals surface area contributed by atoms with Crippen LogP contribution in [0.3, 0.4) is 0 Å². The van der Waals surface area contributed by atoms with Crippen molar-refractivity contribution in [1.82, 2.24) is 19.7 Å². The molecule has 0 aromatic carbocycles. The first-order valence-electron chi connectivity index (χ1n) is 5.37. The molecule has 2 aromatic heterocycles. The Morgan fingerprint density at radius 3 is 2.88 bits per heavy atom. The molecule has 90 valence electrons. The quantitative estimate of drug-likeness (QED) is 0.875. The summed E-state index contributed by atoms with van der Waals surface area (Å²) >= 11 is 0. The Balaban J connectivity index is 2.13. The topological polar surface area (TPSA) is 64.9 Å². The van der Waals surface area contributed by atoms with E-state index in [9.17, 15) is 0 Å². The molecule has 0 spiro atoms. The maximum absolute atomic E-state index is 5.02. The fourth-order valence-corrected chi connectivity index (χ4v) is 1.33. The van der Waals surface area contributed by atoms with Crippen molar-refractivity contribution < 1.29 is 4.74 Å². The molecular formula is C11H15N5O. The van der Waals surface area contributed by atoms with Gasteiger partial charge in [0.1, 0.15) is 0 Å². The Hall–Kier alpha value is -2.11. The van der Waals surface area contributed by atoms with Gasteiger partial charge in [-0.05, 0) is 13.8 Å². The van der Waals surface area contributed by atoms with E-state index in [2.05, 4.69) is 34.2 Å². The molecular weight excluding hydrogens is 218 g/mol. The second-order valence-corrected chi connectivity index (χ2v) is 3.85. The summed E-state index contributed by atoms with van der Waals surface area (Å²) in [5.41, 5.74) is 0.854. The lowest BCUT2D eigenvalue weighted by molar-refractivity contribution is 0.397. The predicted octanol–water partition coefficient (Wildman–Crippen LogP) is 2.01. The van der Waals surface area contributed by atoms with Crippen molar-refractivity contribution in [3.63, 3.8) is 0 Å². The third-order valence-corrected chi connectivity index (χ3v) is 2.23. The lowest BCUT2D eigenvalue weighted by Crippen LogP contribution is -2.00. The zero-order valence-electron chi connectivity index (χ0n) is 10.1. The van der Waals surface area contributed by atoms with Gasteiger partial charge in [-0.25, -0.2) is 4.98 Å². The largest absolute Gasteiger partial charge is 0.481 e. The van der Waals surface area contributed by atoms with Crippen molar-refractivity contribution in [1.29, 1.82) is 0 Å². The van der Waals surface area contributed by atoms with Crippen molar-refractivity contribution in [3.05, 3.63) is 24.7 Å². The molecule has 0 atom stereocenters. The number of nitrogens with one attached hydrogen (secondary N) is 1. The van der Waals surface area contributed by atoms with Crippen LogP contribution in [0.5, 0.6) is 5.88 Å². The molecule has 0 unspecified atom stereocenters. The van der Waals surface area contributed by atoms with E-state index in [1.54, 1.807) is 25.6 Å². The molecule has 6 heteroatoms. The monoisotopic (exact) mass is 233 g/mol. The summed E-state index contributed by atoms with van der Waals surface area (Å²) in [5, 5.41) is 7.29. The highest BCUT2D eigenvalue weighted by atomic mass is 16.5. The summed E-state index contributed by atoms with van der Waals surface area (Å²) in [5.74, 6) is 1.02. The average molecular weight is 233 g/mol. The van der Waals surface area contributed by atoms with Gasteiger partial charge in [-0.3, -0.25) is 4.68 Å². The van der Waals surface area contributed by atoms with Gasteiger partial charge >= 0.3 is 0 Å². The first-order valence-corrected chi connectivity index (χ1v) is 5.37. The van der Waals surface area contributed by atoms with Crippen LogP contribution in [-0.2, 0) is 0 Å². The lowest BCUT2D eigenvalue weighted by Gasteiger charge is -2.04. The fraction of sp³-hybridized carbons (Fsp3) is 0.364. The number of ether oxygens (including phenoxy) is 1. The van der Waals surface area contributed by atoms with E-state index in [1.807, 2.05) is 10.9 Å². The highest BCUT2D eigenvalue weighted by molar-refractivity contribution is 5.50. The van der Waals surface area contributed by atoms with Crippen LogP contribution in [-0.4, -0.2) is 26.9 Å². The van der Waals surface area contributed by atoms with E-state index < -0.39 is 0 Å². The number of nitrogens with zero attached hydrogens (tertiary/aromatic N) is 4. The van der Waals surface area contributed by atoms with Crippen LogP contribution in [0.25, 0.3) is 0 Å². The highest BCUT2D eigenvalue weighted by Crippen LogP contribution is 2.15. The van der Waals surface area contributed by atoms with E-state index in [-0.39, 0.29) is 0 Å². The third-order valence-electron chi connectivity index (χ3n) is 2.23. The maximum atomic E-state index is 5.02. The van der Waals surface area contributed by atoms with Gasteiger partial charge in [0.15, 0.2) is 0 Å². The molecule has 0 aliphatic rings. The van der Waals surface area contributed by atoms with Crippen LogP contribution in [0, 0.1) is 0 Å². The number of aromatic nitrogens is 4. The molecule has 2 rings (SSSR count). The van der Waals surface area contributed by atoms with Crippen molar-refractivity contribution >= 4 is 11.6 Å². The molecule has 0 radical (unpaired) electrons. The Bertz CT molecular complexity index is 494. The van der Waals surface area contributed by atoms with E-state index in [1.165, 1.54) is 0 Å². The smallest absolute Gasteiger partial charge is 0.230 e. The first-order chi connectivity index (χ1) is 8.19. The normalized spacial score (nSPS) is 10.6. The molecule has 0 aliphatic heterocycles. The summed E-state index contributed by atoms with van der Waals surface area (Å²) in [6.45, 7) is 4.14. The van der Waals surface area contributed by atoms with Crippen molar-refractivity contribution in [2.45, 2.75) is 19.9 Å². The van der Waals surface area contributed by atoms with Crippen molar-refractivity contribution in [2.24, 2.45) is 0 Å². The summed E-state index contributed by atoms with van der Waals surface area (Å²) in [6, 6.07) is 2.03. The summed E-state index contributed by atoms with van der Waals surface area (Å²) in [4.78, 5) is 8.26. The molecule has 1 N–H and O–H groups in total. The molecule has 2 heterocycles. The van der Waals surface area contributed by atoms with Crippen molar-refractivity contribution in [3.8, 4) is 5.88 Å². The summed E-state index contributed by atoms with van der Waals surface area (Å²) in [6.07, 6.45) is 5.29. The lowest BCUT2D eigenvalue weighted by atomic mass is 10.4. The van der Waals surface area contributed by atoms with Gasteiger partial charge in [-0.2, -0.15) is 10.1 Å². The van der Waals surface area contributed by atoms with Gasteiger partial charge in [0, 0.05) is 24.5 Å². The number of hydrogen-bond acceptors (Lipinski definition) is 5. The molecule has 0 saturated heterocycles. The summed E-state index contributed by atoms with van der Waals surface area (Å²) in [7, 11) is 1.57. The van der Waals surface area contributed by atoms with Gasteiger partial charge in [0.05, 0.1) is 19.0 Å². The van der Waals surface area contributed by atoms with E-state index in [0.29, 0.717) is 17.9 Å². The Kier molecular flexibility index (Phi) is 3.22. The highest BCUT2D eigenvalue weighted by Gasteiger charge is 2.04. The number of methoxy groups -OCH3 is 1. The van der Waals surface area contributed by atoms with Gasteiger partial charge in [-0.15, -0.1) is 0 Å². The molecule has 0 bridgehead atoms. The molecule has 0 aliphatic carbocycles. The standard InChI is InChI=1S/C11H15N5O/c1-8(2)16-7-9(6-13-16)14-11-12-5-4-10(15-11)17-3/h4-8H,1-3H3,(H,12,14,15). The molecule has 17 heavy (non-hydrogen) atoms. The van der Waals surface area contributed by atoms with Gasteiger partial charge in [0.25, 0.3) is 0 Å². The molecule has 0 amide bonds. The summed E-state index contributed by atoms with van der Waals surface area (Å²) < 4.78 is 6.89. The zero-order chi connectivity index (χ0) is 12.3. The zero-order valence-corrected chi connectivity index (χ0v) is 10.1. The van der Waals surface area contributed by atoms with Crippen LogP contribution in [0.4, 0.5) is 11.6 Å². The number of hydrogen-bond donors (Lipinski definition) is 1. The Morgan fingerprint density at radius 1 is 1.41 bits per heavy atom. The Morgan fingerprint density at radius 2 is 2.24 bits per heavy atom. The van der Waals surface area contributed by atoms with Gasteiger partial charge in [0.2, 0.25) is 11.8 Å². The Labute approximate surface area is 99.7 Å². The minimum atomic E-state index is 0.330. The third kappa shape index (κ3) is 2.72. The minimum Gasteiger partial charge on any atom is -0.481 e. The fourth-order valence-electron chi connectivity index (χ4n) is 1.33. The second kappa shape index (κ2) is 4.82. The minimum absolute atomic E-state index is 0.330. The van der Waals surface area contributed by atoms with E-state index in [4.69, 9.17) is 4.74 Å². The van der Waals surface area contributed by atoms with Gasteiger partial charge < -0.3 is 10.1 Å². The van der Waals surface area contributed by atoms with Crippen LogP contribution in [0.1, 0.15) is 19.9 Å². The molecule has 0 saturated carbocycles. The van der Waals surface area contributed by atoms with Crippen molar-refractivity contribution in [2.75, 3.05) is 12.4 Å². The average Bonchev–Trinajstić information content (AvgIpc) is 2.78. The van der Waals surface area contributed by atoms with Crippen LogP contribution in [0.2, 0.25) is 0 Å². The van der Waals surface area contributed by atoms with Crippen LogP contribution in [0.15, 0.2) is 24.7 Å². The van der Waals surface area contributed by atoms with Gasteiger partial charge in [-0.1, -0.05) is 0 Å². The van der Waals surface area contributed by atoms with E-state index in [0.717, 1.165) is 5.69 Å². The van der Waals surface area contributed by atoms with Crippen LogP contribution >= 0.6 is 0 Å². The molecule has 0 fully saturated rings. The maximum Gasteiger partial charge on any atom is 0.230 e. The second-order valence-electron chi connectivity index (χ2n) is 3.85. The number of anilines is 2. The molecule has 6 nitrogen and oxygen atoms in total. The van der Waals surface area contributed by atoms with E-state index >= 15 is 0 Å².